The molecule has 0 aromatic heterocycles. The fourth-order valence-corrected chi connectivity index (χ4v) is 1.16. The van der Waals surface area contributed by atoms with E-state index in [-0.39, 0.29) is 18.4 Å². The SMILES string of the molecule is CC(=NN=C(N)N)c1ccc(C)c(C)c1.Cl. The molecule has 4 N–H and O–H groups in total. The van der Waals surface area contributed by atoms with E-state index in [0.29, 0.717) is 0 Å². The number of nitrogens with two attached hydrogens (primary N) is 2. The van der Waals surface area contributed by atoms with E-state index < -0.39 is 0 Å². The van der Waals surface area contributed by atoms with Crippen LogP contribution in [0.3, 0.4) is 0 Å². The Balaban J connectivity index is 0.00000225. The monoisotopic (exact) mass is 240 g/mol. The van der Waals surface area contributed by atoms with Crippen molar-refractivity contribution in [1.82, 2.24) is 0 Å². The Morgan fingerprint density at radius 2 is 1.69 bits per heavy atom. The summed E-state index contributed by atoms with van der Waals surface area (Å²) in [6.07, 6.45) is 0. The van der Waals surface area contributed by atoms with Gasteiger partial charge in [0.1, 0.15) is 0 Å². The van der Waals surface area contributed by atoms with Gasteiger partial charge in [-0.3, -0.25) is 0 Å². The number of guanidine groups is 1. The zero-order chi connectivity index (χ0) is 11.4. The first kappa shape index (κ1) is 14.5. The number of nitrogens with zero attached hydrogens (tertiary/aromatic N) is 2. The van der Waals surface area contributed by atoms with Gasteiger partial charge in [-0.2, -0.15) is 5.10 Å². The molecule has 1 aromatic carbocycles. The summed E-state index contributed by atoms with van der Waals surface area (Å²) in [5.41, 5.74) is 14.7. The second-order valence-corrected chi connectivity index (χ2v) is 3.51. The third-order valence-electron chi connectivity index (χ3n) is 2.24. The van der Waals surface area contributed by atoms with E-state index in [1.54, 1.807) is 0 Å². The maximum atomic E-state index is 5.19. The van der Waals surface area contributed by atoms with Crippen molar-refractivity contribution in [3.05, 3.63) is 34.9 Å². The number of benzene rings is 1. The van der Waals surface area contributed by atoms with Gasteiger partial charge < -0.3 is 11.5 Å². The van der Waals surface area contributed by atoms with Crippen LogP contribution in [0.4, 0.5) is 0 Å². The molecule has 4 nitrogen and oxygen atoms in total. The number of halogens is 1. The first-order valence-electron chi connectivity index (χ1n) is 4.71. The highest BCUT2D eigenvalue weighted by Gasteiger charge is 1.99. The molecule has 1 aromatic rings. The van der Waals surface area contributed by atoms with Gasteiger partial charge in [0.25, 0.3) is 0 Å². The lowest BCUT2D eigenvalue weighted by atomic mass is 10.0. The molecule has 0 heterocycles. The first-order chi connectivity index (χ1) is 7.00. The van der Waals surface area contributed by atoms with Crippen LogP contribution in [-0.4, -0.2) is 11.7 Å². The molecule has 88 valence electrons. The molecule has 0 amide bonds. The maximum absolute atomic E-state index is 5.19. The Labute approximate surface area is 102 Å². The molecule has 0 saturated carbocycles. The molecule has 0 radical (unpaired) electrons. The minimum atomic E-state index is -0.0295. The lowest BCUT2D eigenvalue weighted by Crippen LogP contribution is -2.22. The lowest BCUT2D eigenvalue weighted by molar-refractivity contribution is 1.19. The number of rotatable bonds is 2. The predicted molar refractivity (Wildman–Crippen MR) is 71.2 cm³/mol. The van der Waals surface area contributed by atoms with Crippen LogP contribution < -0.4 is 11.5 Å². The van der Waals surface area contributed by atoms with E-state index >= 15 is 0 Å². The van der Waals surface area contributed by atoms with Crippen molar-refractivity contribution in [2.24, 2.45) is 21.7 Å². The van der Waals surface area contributed by atoms with Gasteiger partial charge in [-0.05, 0) is 43.5 Å². The zero-order valence-electron chi connectivity index (χ0n) is 9.69. The summed E-state index contributed by atoms with van der Waals surface area (Å²) in [5, 5.41) is 7.53. The van der Waals surface area contributed by atoms with Crippen LogP contribution in [0.1, 0.15) is 23.6 Å². The predicted octanol–water partition coefficient (Wildman–Crippen LogP) is 1.72. The standard InChI is InChI=1S/C11H16N4.ClH/c1-7-4-5-10(6-8(7)2)9(3)14-15-11(12)13;/h4-6H,1-3H3,(H4,12,13,15);1H. The Hall–Kier alpha value is -1.55. The van der Waals surface area contributed by atoms with Gasteiger partial charge in [0, 0.05) is 0 Å². The minimum Gasteiger partial charge on any atom is -0.369 e. The van der Waals surface area contributed by atoms with Crippen molar-refractivity contribution < 1.29 is 0 Å². The van der Waals surface area contributed by atoms with Gasteiger partial charge in [0.2, 0.25) is 5.96 Å². The van der Waals surface area contributed by atoms with E-state index in [1.807, 2.05) is 13.0 Å². The van der Waals surface area contributed by atoms with E-state index in [1.165, 1.54) is 11.1 Å². The maximum Gasteiger partial charge on any atom is 0.211 e. The Morgan fingerprint density at radius 1 is 1.06 bits per heavy atom. The van der Waals surface area contributed by atoms with Crippen molar-refractivity contribution in [3.8, 4) is 0 Å². The Kier molecular flexibility index (Phi) is 5.53. The average molecular weight is 241 g/mol. The Bertz CT molecular complexity index is 420. The highest BCUT2D eigenvalue weighted by atomic mass is 35.5. The van der Waals surface area contributed by atoms with Crippen LogP contribution in [-0.2, 0) is 0 Å². The van der Waals surface area contributed by atoms with Gasteiger partial charge >= 0.3 is 0 Å². The van der Waals surface area contributed by atoms with Gasteiger partial charge in [-0.15, -0.1) is 17.5 Å². The van der Waals surface area contributed by atoms with E-state index in [0.717, 1.165) is 11.3 Å². The highest BCUT2D eigenvalue weighted by Crippen LogP contribution is 2.10. The molecule has 0 aliphatic rings. The number of hydrogen-bond donors (Lipinski definition) is 2. The third-order valence-corrected chi connectivity index (χ3v) is 2.24. The fourth-order valence-electron chi connectivity index (χ4n) is 1.16. The topological polar surface area (TPSA) is 76.8 Å². The van der Waals surface area contributed by atoms with Crippen LogP contribution >= 0.6 is 12.4 Å². The molecule has 0 atom stereocenters. The Morgan fingerprint density at radius 3 is 2.19 bits per heavy atom. The lowest BCUT2D eigenvalue weighted by Gasteiger charge is -2.03. The first-order valence-corrected chi connectivity index (χ1v) is 4.71. The molecule has 0 spiro atoms. The van der Waals surface area contributed by atoms with E-state index in [2.05, 4.69) is 36.2 Å². The summed E-state index contributed by atoms with van der Waals surface area (Å²) in [6, 6.07) is 6.12. The van der Waals surface area contributed by atoms with E-state index in [9.17, 15) is 0 Å². The molecular weight excluding hydrogens is 224 g/mol. The van der Waals surface area contributed by atoms with Crippen molar-refractivity contribution in [1.29, 1.82) is 0 Å². The van der Waals surface area contributed by atoms with E-state index in [4.69, 9.17) is 11.5 Å². The summed E-state index contributed by atoms with van der Waals surface area (Å²) in [7, 11) is 0. The summed E-state index contributed by atoms with van der Waals surface area (Å²) in [5.74, 6) is -0.0295. The third kappa shape index (κ3) is 3.90. The van der Waals surface area contributed by atoms with Gasteiger partial charge in [-0.1, -0.05) is 12.1 Å². The molecule has 0 saturated heterocycles. The molecule has 0 unspecified atom stereocenters. The summed E-state index contributed by atoms with van der Waals surface area (Å²) < 4.78 is 0. The van der Waals surface area contributed by atoms with Crippen LogP contribution in [0.2, 0.25) is 0 Å². The quantitative estimate of drug-likeness (QED) is 0.469. The fraction of sp³-hybridized carbons (Fsp3) is 0.273. The average Bonchev–Trinajstić information content (AvgIpc) is 2.18. The zero-order valence-corrected chi connectivity index (χ0v) is 10.5. The van der Waals surface area contributed by atoms with Crippen LogP contribution in [0.25, 0.3) is 0 Å². The molecule has 1 rings (SSSR count). The second-order valence-electron chi connectivity index (χ2n) is 3.51. The van der Waals surface area contributed by atoms with Crippen molar-refractivity contribution in [3.63, 3.8) is 0 Å². The van der Waals surface area contributed by atoms with Crippen LogP contribution in [0, 0.1) is 13.8 Å². The van der Waals surface area contributed by atoms with Gasteiger partial charge in [-0.25, -0.2) is 0 Å². The molecule has 5 heteroatoms. The van der Waals surface area contributed by atoms with Crippen molar-refractivity contribution in [2.75, 3.05) is 0 Å². The summed E-state index contributed by atoms with van der Waals surface area (Å²) >= 11 is 0. The van der Waals surface area contributed by atoms with Gasteiger partial charge in [0.05, 0.1) is 5.71 Å². The van der Waals surface area contributed by atoms with Crippen molar-refractivity contribution in [2.45, 2.75) is 20.8 Å². The second kappa shape index (κ2) is 6.12. The largest absolute Gasteiger partial charge is 0.369 e. The van der Waals surface area contributed by atoms with Crippen LogP contribution in [0.5, 0.6) is 0 Å². The minimum absolute atomic E-state index is 0. The number of aryl methyl sites for hydroxylation is 2. The highest BCUT2D eigenvalue weighted by molar-refractivity contribution is 5.99. The molecule has 0 fully saturated rings. The smallest absolute Gasteiger partial charge is 0.211 e. The number of hydrogen-bond acceptors (Lipinski definition) is 2. The summed E-state index contributed by atoms with van der Waals surface area (Å²) in [6.45, 7) is 6.00. The van der Waals surface area contributed by atoms with Crippen LogP contribution in [0.15, 0.2) is 28.4 Å². The molecule has 0 bridgehead atoms. The van der Waals surface area contributed by atoms with Crippen molar-refractivity contribution >= 4 is 24.1 Å². The molecular formula is C11H17ClN4. The summed E-state index contributed by atoms with van der Waals surface area (Å²) in [4.78, 5) is 0. The molecule has 0 aliphatic carbocycles. The normalized spacial score (nSPS) is 10.6. The molecule has 0 aliphatic heterocycles. The molecule has 16 heavy (non-hydrogen) atoms. The van der Waals surface area contributed by atoms with Gasteiger partial charge in [0.15, 0.2) is 0 Å².